The molecule has 0 saturated carbocycles. The highest BCUT2D eigenvalue weighted by Crippen LogP contribution is 2.18. The number of amides is 1. The Bertz CT molecular complexity index is 645. The fourth-order valence-electron chi connectivity index (χ4n) is 2.56. The highest BCUT2D eigenvalue weighted by Gasteiger charge is 2.22. The van der Waals surface area contributed by atoms with E-state index in [9.17, 15) is 4.79 Å². The molecule has 1 saturated heterocycles. The molecule has 2 rings (SSSR count). The van der Waals surface area contributed by atoms with Gasteiger partial charge in [0.25, 0.3) is 5.91 Å². The lowest BCUT2D eigenvalue weighted by atomic mass is 10.2. The summed E-state index contributed by atoms with van der Waals surface area (Å²) >= 11 is 5.98. The highest BCUT2D eigenvalue weighted by atomic mass is 35.5. The van der Waals surface area contributed by atoms with Gasteiger partial charge < -0.3 is 30.4 Å². The molecule has 0 unspecified atom stereocenters. The molecule has 26 heavy (non-hydrogen) atoms. The summed E-state index contributed by atoms with van der Waals surface area (Å²) in [4.78, 5) is 14.8. The Morgan fingerprint density at radius 3 is 2.81 bits per heavy atom. The number of nitrogens with zero attached hydrogens (tertiary/aromatic N) is 1. The topological polar surface area (TPSA) is 86.7 Å². The largest absolute Gasteiger partial charge is 0.484 e. The van der Waals surface area contributed by atoms with Crippen LogP contribution in [0.2, 0.25) is 5.02 Å². The molecule has 1 aliphatic rings. The van der Waals surface area contributed by atoms with Gasteiger partial charge in [0.1, 0.15) is 12.3 Å². The maximum absolute atomic E-state index is 12.8. The van der Waals surface area contributed by atoms with Crippen molar-refractivity contribution in [3.63, 3.8) is 0 Å². The number of allylic oxidation sites excluding steroid dienone is 1. The first-order valence-electron chi connectivity index (χ1n) is 8.63. The molecule has 0 bridgehead atoms. The summed E-state index contributed by atoms with van der Waals surface area (Å²) in [6.07, 6.45) is 1.17. The molecule has 1 aliphatic heterocycles. The van der Waals surface area contributed by atoms with Crippen LogP contribution in [0.3, 0.4) is 0 Å². The van der Waals surface area contributed by atoms with E-state index in [0.717, 1.165) is 13.1 Å². The minimum Gasteiger partial charge on any atom is -0.484 e. The first-order valence-corrected chi connectivity index (χ1v) is 9.01. The van der Waals surface area contributed by atoms with Gasteiger partial charge in [-0.1, -0.05) is 17.7 Å². The molecular weight excluding hydrogens is 356 g/mol. The van der Waals surface area contributed by atoms with E-state index in [0.29, 0.717) is 42.7 Å². The Balaban J connectivity index is 2.21. The average Bonchev–Trinajstić information content (AvgIpc) is 2.65. The zero-order valence-electron chi connectivity index (χ0n) is 14.9. The van der Waals surface area contributed by atoms with E-state index < -0.39 is 5.91 Å². The maximum Gasteiger partial charge on any atom is 0.293 e. The molecule has 0 radical (unpaired) electrons. The Morgan fingerprint density at radius 1 is 1.38 bits per heavy atom. The number of nitrogens with one attached hydrogen (secondary N) is 3. The number of piperazine rings is 1. The van der Waals surface area contributed by atoms with Gasteiger partial charge >= 0.3 is 0 Å². The Labute approximate surface area is 158 Å². The fraction of sp³-hybridized carbons (Fsp3) is 0.444. The number of anilines is 1. The first kappa shape index (κ1) is 20.2. The lowest BCUT2D eigenvalue weighted by Gasteiger charge is -2.31. The van der Waals surface area contributed by atoms with E-state index >= 15 is 0 Å². The van der Waals surface area contributed by atoms with Crippen LogP contribution in [-0.2, 0) is 14.3 Å². The van der Waals surface area contributed by atoms with Gasteiger partial charge in [0.05, 0.1) is 6.61 Å². The monoisotopic (exact) mass is 380 g/mol. The first-order chi connectivity index (χ1) is 12.7. The van der Waals surface area contributed by atoms with Crippen molar-refractivity contribution in [1.82, 2.24) is 10.2 Å². The summed E-state index contributed by atoms with van der Waals surface area (Å²) in [6.45, 7) is 6.06. The van der Waals surface area contributed by atoms with Crippen molar-refractivity contribution in [2.75, 3.05) is 51.3 Å². The molecule has 7 nitrogen and oxygen atoms in total. The number of hydrogen-bond acceptors (Lipinski definition) is 6. The Kier molecular flexibility index (Phi) is 8.40. The quantitative estimate of drug-likeness (QED) is 0.264. The SMILES string of the molecule is CCOCCOC(C(=O)Nc1cccc(Cl)c1)=C(C=N)N1CCNCC1. The van der Waals surface area contributed by atoms with Crippen LogP contribution < -0.4 is 10.6 Å². The molecule has 0 spiro atoms. The predicted molar refractivity (Wildman–Crippen MR) is 103 cm³/mol. The van der Waals surface area contributed by atoms with Gasteiger partial charge in [-0.25, -0.2) is 0 Å². The summed E-state index contributed by atoms with van der Waals surface area (Å²) in [7, 11) is 0. The summed E-state index contributed by atoms with van der Waals surface area (Å²) in [5.74, 6) is -0.303. The van der Waals surface area contributed by atoms with E-state index in [-0.39, 0.29) is 12.4 Å². The normalized spacial score (nSPS) is 15.2. The van der Waals surface area contributed by atoms with Gasteiger partial charge in [-0.15, -0.1) is 0 Å². The summed E-state index contributed by atoms with van der Waals surface area (Å²) in [5, 5.41) is 14.4. The molecule has 3 N–H and O–H groups in total. The van der Waals surface area contributed by atoms with E-state index in [4.69, 9.17) is 26.5 Å². The predicted octanol–water partition coefficient (Wildman–Crippen LogP) is 2.10. The van der Waals surface area contributed by atoms with E-state index in [1.807, 2.05) is 11.8 Å². The Morgan fingerprint density at radius 2 is 2.15 bits per heavy atom. The van der Waals surface area contributed by atoms with Gasteiger partial charge in [0, 0.05) is 49.7 Å². The van der Waals surface area contributed by atoms with Gasteiger partial charge in [-0.05, 0) is 25.1 Å². The molecule has 1 aromatic rings. The summed E-state index contributed by atoms with van der Waals surface area (Å²) < 4.78 is 11.0. The van der Waals surface area contributed by atoms with E-state index in [2.05, 4.69) is 10.6 Å². The molecule has 0 atom stereocenters. The van der Waals surface area contributed by atoms with Crippen LogP contribution in [0, 0.1) is 5.41 Å². The van der Waals surface area contributed by atoms with Crippen molar-refractivity contribution < 1.29 is 14.3 Å². The van der Waals surface area contributed by atoms with Crippen molar-refractivity contribution in [3.8, 4) is 0 Å². The van der Waals surface area contributed by atoms with Gasteiger partial charge in [-0.2, -0.15) is 0 Å². The number of rotatable bonds is 9. The van der Waals surface area contributed by atoms with Crippen LogP contribution >= 0.6 is 11.6 Å². The number of hydrogen-bond donors (Lipinski definition) is 3. The van der Waals surface area contributed by atoms with Crippen molar-refractivity contribution in [2.24, 2.45) is 0 Å². The second-order valence-corrected chi connectivity index (χ2v) is 6.04. The molecule has 0 aliphatic carbocycles. The standard InChI is InChI=1S/C18H25ClN4O3/c1-2-25-10-11-26-17(16(13-20)23-8-6-21-7-9-23)18(24)22-15-5-3-4-14(19)12-15/h3-5,12-13,20-21H,2,6-11H2,1H3,(H,22,24). The zero-order valence-corrected chi connectivity index (χ0v) is 15.6. The lowest BCUT2D eigenvalue weighted by Crippen LogP contribution is -2.44. The molecule has 1 heterocycles. The second kappa shape index (κ2) is 10.8. The lowest BCUT2D eigenvalue weighted by molar-refractivity contribution is -0.116. The number of carbonyl (C=O) groups excluding carboxylic acids is 1. The van der Waals surface area contributed by atoms with E-state index in [1.54, 1.807) is 24.3 Å². The average molecular weight is 381 g/mol. The molecule has 8 heteroatoms. The minimum atomic E-state index is -0.416. The van der Waals surface area contributed by atoms with Gasteiger partial charge in [-0.3, -0.25) is 4.79 Å². The number of carbonyl (C=O) groups is 1. The minimum absolute atomic E-state index is 0.113. The molecule has 0 aromatic heterocycles. The third-order valence-electron chi connectivity index (χ3n) is 3.79. The molecule has 142 valence electrons. The molecule has 1 fully saturated rings. The maximum atomic E-state index is 12.8. The summed E-state index contributed by atoms with van der Waals surface area (Å²) in [5.41, 5.74) is 1.03. The third-order valence-corrected chi connectivity index (χ3v) is 4.03. The van der Waals surface area contributed by atoms with Crippen molar-refractivity contribution in [1.29, 1.82) is 5.41 Å². The van der Waals surface area contributed by atoms with Crippen LogP contribution in [0.25, 0.3) is 0 Å². The highest BCUT2D eigenvalue weighted by molar-refractivity contribution is 6.30. The zero-order chi connectivity index (χ0) is 18.8. The number of benzene rings is 1. The molecular formula is C18H25ClN4O3. The van der Waals surface area contributed by atoms with Gasteiger partial charge in [0.15, 0.2) is 0 Å². The van der Waals surface area contributed by atoms with Crippen LogP contribution in [0.15, 0.2) is 35.7 Å². The third kappa shape index (κ3) is 6.01. The second-order valence-electron chi connectivity index (χ2n) is 5.61. The van der Waals surface area contributed by atoms with Crippen LogP contribution in [0.4, 0.5) is 5.69 Å². The van der Waals surface area contributed by atoms with Crippen LogP contribution in [-0.4, -0.2) is 63.0 Å². The van der Waals surface area contributed by atoms with Crippen LogP contribution in [0.1, 0.15) is 6.92 Å². The number of halogens is 1. The van der Waals surface area contributed by atoms with Crippen molar-refractivity contribution in [2.45, 2.75) is 6.92 Å². The molecule has 1 aromatic carbocycles. The van der Waals surface area contributed by atoms with Crippen molar-refractivity contribution in [3.05, 3.63) is 40.7 Å². The molecule has 1 amide bonds. The van der Waals surface area contributed by atoms with E-state index in [1.165, 1.54) is 6.21 Å². The van der Waals surface area contributed by atoms with Crippen molar-refractivity contribution >= 4 is 29.4 Å². The van der Waals surface area contributed by atoms with Gasteiger partial charge in [0.2, 0.25) is 5.76 Å². The fourth-order valence-corrected chi connectivity index (χ4v) is 2.75. The van der Waals surface area contributed by atoms with Crippen LogP contribution in [0.5, 0.6) is 0 Å². The Hall–Kier alpha value is -2.09. The number of ether oxygens (including phenoxy) is 2. The smallest absolute Gasteiger partial charge is 0.293 e. The summed E-state index contributed by atoms with van der Waals surface area (Å²) in [6, 6.07) is 6.89.